The molecule has 0 aliphatic heterocycles. The molecule has 0 amide bonds. The summed E-state index contributed by atoms with van der Waals surface area (Å²) in [5, 5.41) is 0. The van der Waals surface area contributed by atoms with Crippen LogP contribution < -0.4 is 0 Å². The minimum absolute atomic E-state index is 0.224. The van der Waals surface area contributed by atoms with Gasteiger partial charge >= 0.3 is 0 Å². The second-order valence-corrected chi connectivity index (χ2v) is 5.74. The summed E-state index contributed by atoms with van der Waals surface area (Å²) in [7, 11) is -3.86. The van der Waals surface area contributed by atoms with Gasteiger partial charge in [0.05, 0.1) is 11.4 Å². The highest BCUT2D eigenvalue weighted by molar-refractivity contribution is 7.85. The van der Waals surface area contributed by atoms with Crippen molar-refractivity contribution in [3.63, 3.8) is 0 Å². The topological polar surface area (TPSA) is 80.2 Å². The number of nitrogens with zero attached hydrogens (tertiary/aromatic N) is 2. The average Bonchev–Trinajstić information content (AvgIpc) is 2.49. The molecule has 6 heteroatoms. The molecule has 112 valence electrons. The van der Waals surface area contributed by atoms with E-state index in [1.165, 1.54) is 0 Å². The minimum atomic E-state index is -3.86. The monoisotopic (exact) mass is 306 g/mol. The number of hydrogen-bond donors (Lipinski definition) is 1. The van der Waals surface area contributed by atoms with Gasteiger partial charge < -0.3 is 0 Å². The van der Waals surface area contributed by atoms with Gasteiger partial charge in [0.15, 0.2) is 0 Å². The lowest BCUT2D eigenvalue weighted by Gasteiger charge is -2.03. The molecular formula is C15H18N2O3S. The molecule has 21 heavy (non-hydrogen) atoms. The lowest BCUT2D eigenvalue weighted by Crippen LogP contribution is -2.05. The minimum Gasteiger partial charge on any atom is -0.286 e. The fourth-order valence-electron chi connectivity index (χ4n) is 1.60. The maximum atomic E-state index is 10.5. The second-order valence-electron chi connectivity index (χ2n) is 4.17. The summed E-state index contributed by atoms with van der Waals surface area (Å²) in [6.07, 6.45) is 7.73. The number of aryl methyl sites for hydroxylation is 1. The third kappa shape index (κ3) is 7.96. The van der Waals surface area contributed by atoms with Crippen LogP contribution in [0.1, 0.15) is 17.7 Å². The van der Waals surface area contributed by atoms with Crippen LogP contribution in [0.2, 0.25) is 0 Å². The van der Waals surface area contributed by atoms with E-state index in [2.05, 4.69) is 16.5 Å². The molecule has 0 aliphatic rings. The van der Waals surface area contributed by atoms with E-state index in [0.29, 0.717) is 12.8 Å². The van der Waals surface area contributed by atoms with Crippen LogP contribution in [-0.4, -0.2) is 28.7 Å². The van der Waals surface area contributed by atoms with Gasteiger partial charge in [-0.1, -0.05) is 18.7 Å². The van der Waals surface area contributed by atoms with E-state index in [0.717, 1.165) is 11.3 Å². The lowest BCUT2D eigenvalue weighted by atomic mass is 10.1. The number of aromatic nitrogens is 2. The molecule has 0 bridgehead atoms. The molecule has 0 fully saturated rings. The Bertz CT molecular complexity index is 616. The average molecular weight is 306 g/mol. The molecule has 0 radical (unpaired) electrons. The molecule has 2 aromatic rings. The summed E-state index contributed by atoms with van der Waals surface area (Å²) in [6, 6.07) is 9.37. The predicted octanol–water partition coefficient (Wildman–Crippen LogP) is 2.63. The van der Waals surface area contributed by atoms with Gasteiger partial charge in [-0.2, -0.15) is 8.42 Å². The molecule has 0 atom stereocenters. The molecule has 0 unspecified atom stereocenters. The summed E-state index contributed by atoms with van der Waals surface area (Å²) in [4.78, 5) is 7.87. The predicted molar refractivity (Wildman–Crippen MR) is 83.3 cm³/mol. The number of pyridine rings is 2. The summed E-state index contributed by atoms with van der Waals surface area (Å²) in [5.74, 6) is -0.224. The van der Waals surface area contributed by atoms with Crippen LogP contribution in [0.15, 0.2) is 55.5 Å². The quantitative estimate of drug-likeness (QED) is 0.859. The zero-order valence-corrected chi connectivity index (χ0v) is 12.4. The summed E-state index contributed by atoms with van der Waals surface area (Å²) >= 11 is 0. The van der Waals surface area contributed by atoms with Crippen LogP contribution in [0.5, 0.6) is 0 Å². The van der Waals surface area contributed by atoms with Gasteiger partial charge in [-0.25, -0.2) is 0 Å². The van der Waals surface area contributed by atoms with Gasteiger partial charge in [0.2, 0.25) is 0 Å². The molecule has 2 heterocycles. The molecule has 5 nitrogen and oxygen atoms in total. The Morgan fingerprint density at radius 1 is 1.14 bits per heavy atom. The van der Waals surface area contributed by atoms with Crippen molar-refractivity contribution in [3.8, 4) is 0 Å². The van der Waals surface area contributed by atoms with Crippen LogP contribution in [-0.2, 0) is 16.5 Å². The fraction of sp³-hybridized carbons (Fsp3) is 0.200. The number of hydrogen-bond acceptors (Lipinski definition) is 4. The summed E-state index contributed by atoms with van der Waals surface area (Å²) in [6.45, 7) is 3.62. The van der Waals surface area contributed by atoms with E-state index >= 15 is 0 Å². The Kier molecular flexibility index (Phi) is 7.28. The van der Waals surface area contributed by atoms with Crippen molar-refractivity contribution < 1.29 is 13.0 Å². The Balaban J connectivity index is 0.000000304. The van der Waals surface area contributed by atoms with Crippen molar-refractivity contribution in [1.29, 1.82) is 0 Å². The molecular weight excluding hydrogens is 288 g/mol. The molecule has 0 saturated heterocycles. The van der Waals surface area contributed by atoms with Crippen molar-refractivity contribution in [2.24, 2.45) is 0 Å². The Hall–Kier alpha value is -2.05. The van der Waals surface area contributed by atoms with Crippen LogP contribution in [0.3, 0.4) is 0 Å². The van der Waals surface area contributed by atoms with E-state index in [-0.39, 0.29) is 5.75 Å². The third-order valence-electron chi connectivity index (χ3n) is 2.53. The van der Waals surface area contributed by atoms with Gasteiger partial charge in [0.1, 0.15) is 0 Å². The first kappa shape index (κ1) is 17.0. The van der Waals surface area contributed by atoms with Crippen molar-refractivity contribution >= 4 is 16.2 Å². The first-order valence-corrected chi connectivity index (χ1v) is 8.00. The van der Waals surface area contributed by atoms with Crippen LogP contribution in [0, 0.1) is 0 Å². The molecule has 0 spiro atoms. The Morgan fingerprint density at radius 3 is 2.33 bits per heavy atom. The normalized spacial score (nSPS) is 10.3. The molecule has 1 N–H and O–H groups in total. The Labute approximate surface area is 125 Å². The van der Waals surface area contributed by atoms with Crippen molar-refractivity contribution in [3.05, 3.63) is 66.8 Å². The highest BCUT2D eigenvalue weighted by Crippen LogP contribution is 2.09. The van der Waals surface area contributed by atoms with E-state index in [9.17, 15) is 8.42 Å². The highest BCUT2D eigenvalue weighted by Gasteiger charge is 2.05. The SMILES string of the molecule is C=Cc1ncccc1CCCS(=O)(=O)O.c1ccncc1. The Morgan fingerprint density at radius 2 is 1.86 bits per heavy atom. The smallest absolute Gasteiger partial charge is 0.264 e. The van der Waals surface area contributed by atoms with Crippen molar-refractivity contribution in [1.82, 2.24) is 9.97 Å². The molecule has 0 aromatic carbocycles. The van der Waals surface area contributed by atoms with E-state index < -0.39 is 10.1 Å². The van der Waals surface area contributed by atoms with Gasteiger partial charge in [-0.3, -0.25) is 14.5 Å². The standard InChI is InChI=1S/C10H13NO3S.C5H5N/c1-2-10-9(5-3-7-11-10)6-4-8-15(12,13)14;1-2-4-6-5-3-1/h2-3,5,7H,1,4,6,8H2,(H,12,13,14);1-5H. The molecule has 0 saturated carbocycles. The van der Waals surface area contributed by atoms with E-state index in [1.54, 1.807) is 30.7 Å². The second kappa shape index (κ2) is 8.99. The maximum absolute atomic E-state index is 10.5. The maximum Gasteiger partial charge on any atom is 0.264 e. The van der Waals surface area contributed by atoms with Crippen molar-refractivity contribution in [2.45, 2.75) is 12.8 Å². The van der Waals surface area contributed by atoms with Crippen LogP contribution in [0.25, 0.3) is 6.08 Å². The first-order chi connectivity index (χ1) is 10.0. The molecule has 0 aliphatic carbocycles. The van der Waals surface area contributed by atoms with Gasteiger partial charge in [-0.15, -0.1) is 0 Å². The lowest BCUT2D eigenvalue weighted by molar-refractivity contribution is 0.481. The summed E-state index contributed by atoms with van der Waals surface area (Å²) < 4.78 is 29.5. The van der Waals surface area contributed by atoms with Crippen molar-refractivity contribution in [2.75, 3.05) is 5.75 Å². The van der Waals surface area contributed by atoms with E-state index in [1.807, 2.05) is 24.3 Å². The largest absolute Gasteiger partial charge is 0.286 e. The third-order valence-corrected chi connectivity index (χ3v) is 3.34. The molecule has 2 aromatic heterocycles. The summed E-state index contributed by atoms with van der Waals surface area (Å²) in [5.41, 5.74) is 1.70. The van der Waals surface area contributed by atoms with Gasteiger partial charge in [-0.05, 0) is 42.7 Å². The van der Waals surface area contributed by atoms with Gasteiger partial charge in [0, 0.05) is 18.6 Å². The zero-order chi connectivity index (χ0) is 15.6. The van der Waals surface area contributed by atoms with Crippen LogP contribution in [0.4, 0.5) is 0 Å². The van der Waals surface area contributed by atoms with Gasteiger partial charge in [0.25, 0.3) is 10.1 Å². The highest BCUT2D eigenvalue weighted by atomic mass is 32.2. The van der Waals surface area contributed by atoms with E-state index in [4.69, 9.17) is 4.55 Å². The first-order valence-electron chi connectivity index (χ1n) is 6.39. The van der Waals surface area contributed by atoms with Crippen LogP contribution >= 0.6 is 0 Å². The number of rotatable bonds is 5. The zero-order valence-electron chi connectivity index (χ0n) is 11.6. The molecule has 2 rings (SSSR count). The fourth-order valence-corrected chi connectivity index (χ4v) is 2.11.